The standard InChI is InChI=1S/C19H32N2O4/c1-24-15-19(7-12-25-13-8-19)18(23)20-10-5-16(6-11-20)14-21-9-3-2-4-17(21)22/h16H,2-15H2,1H3. The van der Waals surface area contributed by atoms with E-state index < -0.39 is 5.41 Å². The molecule has 0 spiro atoms. The molecule has 0 bridgehead atoms. The molecular weight excluding hydrogens is 320 g/mol. The second kappa shape index (κ2) is 8.49. The van der Waals surface area contributed by atoms with Crippen LogP contribution in [0.5, 0.6) is 0 Å². The molecule has 3 fully saturated rings. The summed E-state index contributed by atoms with van der Waals surface area (Å²) in [5, 5.41) is 0. The number of rotatable bonds is 5. The van der Waals surface area contributed by atoms with Crippen molar-refractivity contribution in [3.05, 3.63) is 0 Å². The molecular formula is C19H32N2O4. The van der Waals surface area contributed by atoms with Gasteiger partial charge in [0.1, 0.15) is 0 Å². The van der Waals surface area contributed by atoms with E-state index in [1.54, 1.807) is 7.11 Å². The van der Waals surface area contributed by atoms with Crippen molar-refractivity contribution in [3.8, 4) is 0 Å². The highest BCUT2D eigenvalue weighted by Crippen LogP contribution is 2.34. The number of carbonyl (C=O) groups excluding carboxylic acids is 2. The summed E-state index contributed by atoms with van der Waals surface area (Å²) in [6.07, 6.45) is 6.37. The van der Waals surface area contributed by atoms with E-state index in [1.165, 1.54) is 0 Å². The first-order chi connectivity index (χ1) is 12.1. The van der Waals surface area contributed by atoms with Crippen LogP contribution >= 0.6 is 0 Å². The van der Waals surface area contributed by atoms with Gasteiger partial charge in [0.25, 0.3) is 0 Å². The Kier molecular flexibility index (Phi) is 6.34. The number of carbonyl (C=O) groups is 2. The summed E-state index contributed by atoms with van der Waals surface area (Å²) in [6, 6.07) is 0. The molecule has 3 aliphatic heterocycles. The second-order valence-corrected chi connectivity index (χ2v) is 7.86. The molecule has 0 aromatic rings. The number of piperidine rings is 2. The number of nitrogens with zero attached hydrogens (tertiary/aromatic N) is 2. The van der Waals surface area contributed by atoms with E-state index in [0.717, 1.165) is 64.7 Å². The Morgan fingerprint density at radius 3 is 2.56 bits per heavy atom. The fraction of sp³-hybridized carbons (Fsp3) is 0.895. The van der Waals surface area contributed by atoms with Crippen molar-refractivity contribution in [1.82, 2.24) is 9.80 Å². The van der Waals surface area contributed by atoms with E-state index in [9.17, 15) is 9.59 Å². The van der Waals surface area contributed by atoms with Crippen LogP contribution in [0.3, 0.4) is 0 Å². The molecule has 3 rings (SSSR count). The zero-order valence-electron chi connectivity index (χ0n) is 15.5. The minimum atomic E-state index is -0.400. The number of likely N-dealkylation sites (tertiary alicyclic amines) is 2. The molecule has 0 aromatic carbocycles. The van der Waals surface area contributed by atoms with E-state index in [2.05, 4.69) is 0 Å². The van der Waals surface area contributed by atoms with Crippen LogP contribution in [0.4, 0.5) is 0 Å². The minimum absolute atomic E-state index is 0.241. The molecule has 3 aliphatic rings. The Hall–Kier alpha value is -1.14. The first kappa shape index (κ1) is 18.6. The number of hydrogen-bond donors (Lipinski definition) is 0. The maximum atomic E-state index is 13.1. The summed E-state index contributed by atoms with van der Waals surface area (Å²) in [5.41, 5.74) is -0.400. The van der Waals surface area contributed by atoms with Crippen molar-refractivity contribution in [1.29, 1.82) is 0 Å². The Labute approximate surface area is 150 Å². The Morgan fingerprint density at radius 2 is 1.92 bits per heavy atom. The van der Waals surface area contributed by atoms with Crippen molar-refractivity contribution in [2.45, 2.75) is 44.9 Å². The molecule has 0 N–H and O–H groups in total. The Bertz CT molecular complexity index is 463. The second-order valence-electron chi connectivity index (χ2n) is 7.86. The molecule has 6 heteroatoms. The van der Waals surface area contributed by atoms with E-state index in [-0.39, 0.29) is 5.91 Å². The van der Waals surface area contributed by atoms with Gasteiger partial charge >= 0.3 is 0 Å². The molecule has 0 aromatic heterocycles. The number of hydrogen-bond acceptors (Lipinski definition) is 4. The van der Waals surface area contributed by atoms with Gasteiger partial charge in [0.15, 0.2) is 0 Å². The highest BCUT2D eigenvalue weighted by Gasteiger charge is 2.43. The molecule has 0 aliphatic carbocycles. The molecule has 25 heavy (non-hydrogen) atoms. The third-order valence-electron chi connectivity index (χ3n) is 6.13. The summed E-state index contributed by atoms with van der Waals surface area (Å²) < 4.78 is 10.8. The van der Waals surface area contributed by atoms with Crippen molar-refractivity contribution in [2.24, 2.45) is 11.3 Å². The van der Waals surface area contributed by atoms with Gasteiger partial charge in [-0.1, -0.05) is 0 Å². The van der Waals surface area contributed by atoms with Gasteiger partial charge in [-0.2, -0.15) is 0 Å². The van der Waals surface area contributed by atoms with Gasteiger partial charge < -0.3 is 19.3 Å². The van der Waals surface area contributed by atoms with Crippen LogP contribution in [0.2, 0.25) is 0 Å². The van der Waals surface area contributed by atoms with Crippen molar-refractivity contribution in [3.63, 3.8) is 0 Å². The van der Waals surface area contributed by atoms with Crippen LogP contribution in [0.1, 0.15) is 44.9 Å². The summed E-state index contributed by atoms with van der Waals surface area (Å²) in [5.74, 6) is 1.08. The van der Waals surface area contributed by atoms with Gasteiger partial charge in [-0.3, -0.25) is 9.59 Å². The summed E-state index contributed by atoms with van der Waals surface area (Å²) >= 11 is 0. The Balaban J connectivity index is 1.52. The molecule has 0 atom stereocenters. The van der Waals surface area contributed by atoms with E-state index in [1.807, 2.05) is 9.80 Å². The number of amides is 2. The third-order valence-corrected chi connectivity index (χ3v) is 6.13. The van der Waals surface area contributed by atoms with Crippen LogP contribution < -0.4 is 0 Å². The van der Waals surface area contributed by atoms with E-state index in [0.29, 0.717) is 38.1 Å². The van der Waals surface area contributed by atoms with Gasteiger partial charge in [0.2, 0.25) is 11.8 Å². The predicted octanol–water partition coefficient (Wildman–Crippen LogP) is 1.68. The molecule has 0 radical (unpaired) electrons. The normalized spacial score (nSPS) is 25.2. The Morgan fingerprint density at radius 1 is 1.20 bits per heavy atom. The largest absolute Gasteiger partial charge is 0.384 e. The lowest BCUT2D eigenvalue weighted by atomic mass is 9.79. The van der Waals surface area contributed by atoms with Crippen LogP contribution in [-0.4, -0.2) is 74.7 Å². The molecule has 142 valence electrons. The van der Waals surface area contributed by atoms with Gasteiger partial charge in [-0.25, -0.2) is 0 Å². The topological polar surface area (TPSA) is 59.1 Å². The van der Waals surface area contributed by atoms with Crippen LogP contribution in [0.25, 0.3) is 0 Å². The molecule has 0 saturated carbocycles. The van der Waals surface area contributed by atoms with Gasteiger partial charge in [0.05, 0.1) is 12.0 Å². The average molecular weight is 352 g/mol. The minimum Gasteiger partial charge on any atom is -0.384 e. The maximum absolute atomic E-state index is 13.1. The van der Waals surface area contributed by atoms with Crippen LogP contribution in [0.15, 0.2) is 0 Å². The summed E-state index contributed by atoms with van der Waals surface area (Å²) in [4.78, 5) is 29.2. The SMILES string of the molecule is COCC1(C(=O)N2CCC(CN3CCCCC3=O)CC2)CCOCC1. The van der Waals surface area contributed by atoms with Gasteiger partial charge in [0, 0.05) is 52.9 Å². The zero-order chi connectivity index (χ0) is 17.7. The van der Waals surface area contributed by atoms with E-state index >= 15 is 0 Å². The smallest absolute Gasteiger partial charge is 0.231 e. The number of methoxy groups -OCH3 is 1. The highest BCUT2D eigenvalue weighted by molar-refractivity contribution is 5.83. The van der Waals surface area contributed by atoms with Crippen molar-refractivity contribution < 1.29 is 19.1 Å². The molecule has 3 saturated heterocycles. The monoisotopic (exact) mass is 352 g/mol. The first-order valence-corrected chi connectivity index (χ1v) is 9.78. The molecule has 2 amide bonds. The fourth-order valence-corrected chi connectivity index (χ4v) is 4.48. The van der Waals surface area contributed by atoms with E-state index in [4.69, 9.17) is 9.47 Å². The van der Waals surface area contributed by atoms with Gasteiger partial charge in [-0.05, 0) is 44.4 Å². The predicted molar refractivity (Wildman–Crippen MR) is 94.1 cm³/mol. The zero-order valence-corrected chi connectivity index (χ0v) is 15.5. The number of ether oxygens (including phenoxy) is 2. The third kappa shape index (κ3) is 4.34. The molecule has 0 unspecified atom stereocenters. The first-order valence-electron chi connectivity index (χ1n) is 9.78. The van der Waals surface area contributed by atoms with Crippen molar-refractivity contribution >= 4 is 11.8 Å². The van der Waals surface area contributed by atoms with Crippen LogP contribution in [-0.2, 0) is 19.1 Å². The van der Waals surface area contributed by atoms with Crippen LogP contribution in [0, 0.1) is 11.3 Å². The fourth-order valence-electron chi connectivity index (χ4n) is 4.48. The molecule has 3 heterocycles. The maximum Gasteiger partial charge on any atom is 0.231 e. The lowest BCUT2D eigenvalue weighted by Gasteiger charge is -2.42. The quantitative estimate of drug-likeness (QED) is 0.755. The highest BCUT2D eigenvalue weighted by atomic mass is 16.5. The average Bonchev–Trinajstić information content (AvgIpc) is 2.65. The van der Waals surface area contributed by atoms with Gasteiger partial charge in [-0.15, -0.1) is 0 Å². The lowest BCUT2D eigenvalue weighted by molar-refractivity contribution is -0.154. The molecule has 6 nitrogen and oxygen atoms in total. The summed E-state index contributed by atoms with van der Waals surface area (Å²) in [6.45, 7) is 5.16. The summed E-state index contributed by atoms with van der Waals surface area (Å²) in [7, 11) is 1.67. The lowest BCUT2D eigenvalue weighted by Crippen LogP contribution is -2.52. The van der Waals surface area contributed by atoms with Crippen molar-refractivity contribution in [2.75, 3.05) is 53.1 Å².